The number of aliphatic imine (C=N–C) groups is 1. The number of hydrogen-bond acceptors (Lipinski definition) is 3. The summed E-state index contributed by atoms with van der Waals surface area (Å²) in [6, 6.07) is 7.13. The average Bonchev–Trinajstić information content (AvgIpc) is 2.74. The quantitative estimate of drug-likeness (QED) is 0.837. The molecule has 3 nitrogen and oxygen atoms in total. The average molecular weight is 358 g/mol. The molecular formula is C14H11BrF3N3. The molecule has 21 heavy (non-hydrogen) atoms. The Morgan fingerprint density at radius 3 is 2.76 bits per heavy atom. The zero-order chi connectivity index (χ0) is 15.3. The molecule has 0 unspecified atom stereocenters. The molecule has 2 N–H and O–H groups in total. The largest absolute Gasteiger partial charge is 0.419 e. The number of rotatable bonds is 1. The van der Waals surface area contributed by atoms with Crippen molar-refractivity contribution >= 4 is 21.8 Å². The van der Waals surface area contributed by atoms with Gasteiger partial charge in [-0.3, -0.25) is 0 Å². The zero-order valence-corrected chi connectivity index (χ0v) is 12.3. The predicted molar refractivity (Wildman–Crippen MR) is 77.4 cm³/mol. The normalized spacial score (nSPS) is 24.7. The van der Waals surface area contributed by atoms with E-state index in [1.165, 1.54) is 11.0 Å². The minimum Gasteiger partial charge on any atom is -0.329 e. The van der Waals surface area contributed by atoms with E-state index in [1.54, 1.807) is 24.4 Å². The van der Waals surface area contributed by atoms with Gasteiger partial charge in [-0.05, 0) is 29.8 Å². The van der Waals surface area contributed by atoms with E-state index in [4.69, 9.17) is 5.73 Å². The van der Waals surface area contributed by atoms with E-state index in [0.717, 1.165) is 10.5 Å². The zero-order valence-electron chi connectivity index (χ0n) is 10.7. The Morgan fingerprint density at radius 1 is 1.33 bits per heavy atom. The first-order valence-electron chi connectivity index (χ1n) is 6.17. The molecule has 0 amide bonds. The van der Waals surface area contributed by atoms with Crippen LogP contribution in [0.1, 0.15) is 5.56 Å². The smallest absolute Gasteiger partial charge is 0.329 e. The summed E-state index contributed by atoms with van der Waals surface area (Å²) in [5, 5.41) is 0. The van der Waals surface area contributed by atoms with Crippen molar-refractivity contribution in [1.82, 2.24) is 4.90 Å². The van der Waals surface area contributed by atoms with E-state index < -0.39 is 17.4 Å². The number of allylic oxidation sites excluding steroid dienone is 2. The molecule has 0 saturated carbocycles. The van der Waals surface area contributed by atoms with Crippen molar-refractivity contribution in [2.75, 3.05) is 6.54 Å². The van der Waals surface area contributed by atoms with Gasteiger partial charge in [0.15, 0.2) is 5.66 Å². The lowest BCUT2D eigenvalue weighted by Gasteiger charge is -2.24. The second-order valence-electron chi connectivity index (χ2n) is 4.92. The minimum absolute atomic E-state index is 0.132. The molecule has 1 aromatic rings. The van der Waals surface area contributed by atoms with Gasteiger partial charge >= 0.3 is 6.18 Å². The summed E-state index contributed by atoms with van der Waals surface area (Å²) in [5.74, 6) is -0.132. The molecule has 110 valence electrons. The third kappa shape index (κ3) is 2.51. The highest BCUT2D eigenvalue weighted by Gasteiger charge is 2.46. The molecule has 2 heterocycles. The van der Waals surface area contributed by atoms with Gasteiger partial charge in [0.2, 0.25) is 0 Å². The minimum atomic E-state index is -4.45. The number of fused-ring (bicyclic) bond motifs is 1. The van der Waals surface area contributed by atoms with Gasteiger partial charge in [-0.2, -0.15) is 13.2 Å². The van der Waals surface area contributed by atoms with Gasteiger partial charge in [0.25, 0.3) is 0 Å². The Hall–Kier alpha value is -1.60. The Balaban J connectivity index is 2.05. The van der Waals surface area contributed by atoms with Crippen LogP contribution in [-0.2, 0) is 5.66 Å². The summed E-state index contributed by atoms with van der Waals surface area (Å²) in [4.78, 5) is 5.60. The summed E-state index contributed by atoms with van der Waals surface area (Å²) < 4.78 is 39.9. The third-order valence-electron chi connectivity index (χ3n) is 3.39. The maximum absolute atomic E-state index is 13.0. The summed E-state index contributed by atoms with van der Waals surface area (Å²) in [5.41, 5.74) is 4.93. The lowest BCUT2D eigenvalue weighted by molar-refractivity contribution is -0.0868. The van der Waals surface area contributed by atoms with E-state index in [0.29, 0.717) is 5.56 Å². The second kappa shape index (κ2) is 4.71. The highest BCUT2D eigenvalue weighted by atomic mass is 79.9. The van der Waals surface area contributed by atoms with Gasteiger partial charge in [0, 0.05) is 10.7 Å². The number of nitrogens with two attached hydrogens (primary N) is 1. The van der Waals surface area contributed by atoms with Gasteiger partial charge in [-0.1, -0.05) is 28.1 Å². The molecule has 7 heteroatoms. The maximum Gasteiger partial charge on any atom is 0.419 e. The van der Waals surface area contributed by atoms with Crippen molar-refractivity contribution in [2.45, 2.75) is 11.8 Å². The molecule has 0 radical (unpaired) electrons. The fourth-order valence-corrected chi connectivity index (χ4v) is 2.81. The van der Waals surface area contributed by atoms with Gasteiger partial charge in [-0.25, -0.2) is 4.99 Å². The molecule has 0 fully saturated rings. The lowest BCUT2D eigenvalue weighted by Crippen LogP contribution is -2.40. The summed E-state index contributed by atoms with van der Waals surface area (Å²) in [6.45, 7) is 0.169. The molecule has 0 bridgehead atoms. The molecule has 3 rings (SSSR count). The Bertz CT molecular complexity index is 678. The van der Waals surface area contributed by atoms with Crippen LogP contribution in [0.15, 0.2) is 57.7 Å². The number of benzene rings is 1. The first kappa shape index (κ1) is 14.3. The maximum atomic E-state index is 13.0. The van der Waals surface area contributed by atoms with Crippen LogP contribution in [0.2, 0.25) is 0 Å². The van der Waals surface area contributed by atoms with Crippen LogP contribution in [0, 0.1) is 0 Å². The van der Waals surface area contributed by atoms with Crippen molar-refractivity contribution in [3.8, 4) is 0 Å². The van der Waals surface area contributed by atoms with Crippen molar-refractivity contribution < 1.29 is 13.2 Å². The van der Waals surface area contributed by atoms with E-state index in [9.17, 15) is 13.2 Å². The first-order valence-corrected chi connectivity index (χ1v) is 6.96. The fraction of sp³-hybridized carbons (Fsp3) is 0.214. The first-order chi connectivity index (χ1) is 9.79. The Labute approximate surface area is 127 Å². The van der Waals surface area contributed by atoms with Crippen LogP contribution in [0.5, 0.6) is 0 Å². The highest BCUT2D eigenvalue weighted by molar-refractivity contribution is 9.10. The van der Waals surface area contributed by atoms with E-state index in [-0.39, 0.29) is 12.4 Å². The van der Waals surface area contributed by atoms with Gasteiger partial charge in [0.1, 0.15) is 5.84 Å². The van der Waals surface area contributed by atoms with Crippen molar-refractivity contribution in [2.24, 2.45) is 10.7 Å². The third-order valence-corrected chi connectivity index (χ3v) is 3.88. The molecule has 2 aliphatic heterocycles. The number of amidine groups is 1. The topological polar surface area (TPSA) is 41.6 Å². The van der Waals surface area contributed by atoms with Crippen LogP contribution in [-0.4, -0.2) is 23.5 Å². The van der Waals surface area contributed by atoms with Crippen LogP contribution in [0.4, 0.5) is 13.2 Å². The Kier molecular flexibility index (Phi) is 3.22. The van der Waals surface area contributed by atoms with Crippen molar-refractivity contribution in [1.29, 1.82) is 0 Å². The molecule has 0 saturated heterocycles. The van der Waals surface area contributed by atoms with Crippen LogP contribution in [0.3, 0.4) is 0 Å². The molecule has 1 atom stereocenters. The number of hydrogen-bond donors (Lipinski definition) is 1. The second-order valence-corrected chi connectivity index (χ2v) is 5.83. The monoisotopic (exact) mass is 357 g/mol. The molecule has 0 spiro atoms. The summed E-state index contributed by atoms with van der Waals surface area (Å²) >= 11 is 3.33. The summed E-state index contributed by atoms with van der Waals surface area (Å²) in [6.07, 6.45) is -0.526. The molecule has 2 aliphatic rings. The fourth-order valence-electron chi connectivity index (χ4n) is 2.41. The van der Waals surface area contributed by atoms with E-state index in [2.05, 4.69) is 20.9 Å². The Morgan fingerprint density at radius 2 is 2.10 bits per heavy atom. The van der Waals surface area contributed by atoms with Crippen molar-refractivity contribution in [3.05, 3.63) is 58.2 Å². The highest BCUT2D eigenvalue weighted by Crippen LogP contribution is 2.37. The SMILES string of the molecule is N[C@]1(c2cccc(Br)c2)CN2C=CC=C(C(F)(F)F)C2=N1. The van der Waals surface area contributed by atoms with E-state index in [1.807, 2.05) is 6.07 Å². The number of nitrogens with zero attached hydrogens (tertiary/aromatic N) is 2. The molecular weight excluding hydrogens is 347 g/mol. The molecule has 0 aromatic heterocycles. The number of alkyl halides is 3. The standard InChI is InChI=1S/C14H11BrF3N3/c15-10-4-1-3-9(7-10)13(19)8-21-6-2-5-11(12(21)20-13)14(16,17)18/h1-7H,8,19H2/t13-/m1/s1. The molecule has 0 aliphatic carbocycles. The van der Waals surface area contributed by atoms with E-state index >= 15 is 0 Å². The number of halogens is 4. The summed E-state index contributed by atoms with van der Waals surface area (Å²) in [7, 11) is 0. The lowest BCUT2D eigenvalue weighted by atomic mass is 10.0. The van der Waals surface area contributed by atoms with Crippen molar-refractivity contribution in [3.63, 3.8) is 0 Å². The van der Waals surface area contributed by atoms with Gasteiger partial charge in [0.05, 0.1) is 12.1 Å². The van der Waals surface area contributed by atoms with Crippen LogP contribution >= 0.6 is 15.9 Å². The van der Waals surface area contributed by atoms with Gasteiger partial charge in [-0.15, -0.1) is 0 Å². The van der Waals surface area contributed by atoms with Crippen LogP contribution < -0.4 is 5.73 Å². The molecule has 1 aromatic carbocycles. The predicted octanol–water partition coefficient (Wildman–Crippen LogP) is 3.29. The van der Waals surface area contributed by atoms with Crippen LogP contribution in [0.25, 0.3) is 0 Å². The van der Waals surface area contributed by atoms with Gasteiger partial charge < -0.3 is 10.6 Å².